The lowest BCUT2D eigenvalue weighted by Crippen LogP contribution is -2.35. The van der Waals surface area contributed by atoms with Crippen molar-refractivity contribution >= 4 is 34.3 Å². The van der Waals surface area contributed by atoms with Crippen molar-refractivity contribution in [3.05, 3.63) is 58.4 Å². The summed E-state index contributed by atoms with van der Waals surface area (Å²) in [6, 6.07) is 13.0. The Balaban J connectivity index is 2.04. The second-order valence-corrected chi connectivity index (χ2v) is 9.57. The van der Waals surface area contributed by atoms with E-state index in [4.69, 9.17) is 4.74 Å². The number of hydrogen-bond donors (Lipinski definition) is 0. The molecule has 0 saturated carbocycles. The van der Waals surface area contributed by atoms with Crippen LogP contribution in [-0.2, 0) is 4.79 Å². The number of benzene rings is 2. The Labute approximate surface area is 196 Å². The molecule has 0 aliphatic rings. The van der Waals surface area contributed by atoms with Gasteiger partial charge < -0.3 is 9.64 Å². The van der Waals surface area contributed by atoms with Gasteiger partial charge in [-0.25, -0.2) is 4.57 Å². The number of carbonyl (C=O) groups is 1. The lowest BCUT2D eigenvalue weighted by molar-refractivity contribution is -0.128. The quantitative estimate of drug-likeness (QED) is 0.405. The number of aromatic nitrogens is 4. The molecule has 0 saturated heterocycles. The van der Waals surface area contributed by atoms with E-state index in [0.717, 1.165) is 5.56 Å². The number of aryl methyl sites for hydroxylation is 1. The van der Waals surface area contributed by atoms with Crippen LogP contribution in [0.15, 0.2) is 52.4 Å². The Morgan fingerprint density at radius 1 is 1.12 bits per heavy atom. The molecule has 0 aliphatic heterocycles. The van der Waals surface area contributed by atoms with E-state index >= 15 is 0 Å². The zero-order chi connectivity index (χ0) is 23.9. The Morgan fingerprint density at radius 3 is 2.52 bits per heavy atom. The molecule has 4 rings (SSSR count). The van der Waals surface area contributed by atoms with E-state index in [-0.39, 0.29) is 22.6 Å². The van der Waals surface area contributed by atoms with Crippen LogP contribution in [0.3, 0.4) is 0 Å². The van der Waals surface area contributed by atoms with Gasteiger partial charge in [-0.05, 0) is 42.7 Å². The van der Waals surface area contributed by atoms with E-state index < -0.39 is 0 Å². The van der Waals surface area contributed by atoms with Gasteiger partial charge in [-0.1, -0.05) is 43.8 Å². The molecule has 1 unspecified atom stereocenters. The lowest BCUT2D eigenvalue weighted by Gasteiger charge is -2.22. The normalized spacial score (nSPS) is 12.5. The van der Waals surface area contributed by atoms with E-state index in [0.29, 0.717) is 33.3 Å². The van der Waals surface area contributed by atoms with Gasteiger partial charge in [0, 0.05) is 14.1 Å². The Kier molecular flexibility index (Phi) is 6.16. The van der Waals surface area contributed by atoms with Gasteiger partial charge in [-0.15, -0.1) is 10.2 Å². The number of ether oxygens (including phenoxy) is 1. The van der Waals surface area contributed by atoms with E-state index in [1.165, 1.54) is 16.3 Å². The first-order valence-electron chi connectivity index (χ1n) is 10.7. The molecule has 1 atom stereocenters. The molecule has 0 fully saturated rings. The SMILES string of the molecule is COc1ccc(C)cc1-n1c(=O)c2ccccc2n2c(SC(C(=O)N(C)C)C(C)C)nnc12. The third-order valence-electron chi connectivity index (χ3n) is 5.49. The number of hydrogen-bond acceptors (Lipinski definition) is 6. The second kappa shape index (κ2) is 8.90. The van der Waals surface area contributed by atoms with Crippen LogP contribution in [0.2, 0.25) is 0 Å². The summed E-state index contributed by atoms with van der Waals surface area (Å²) in [5.41, 5.74) is 2.05. The van der Waals surface area contributed by atoms with Crippen molar-refractivity contribution in [3.63, 3.8) is 0 Å². The summed E-state index contributed by atoms with van der Waals surface area (Å²) in [6.45, 7) is 5.97. The number of nitrogens with zero attached hydrogens (tertiary/aromatic N) is 5. The molecule has 2 aromatic carbocycles. The van der Waals surface area contributed by atoms with Gasteiger partial charge in [0.2, 0.25) is 11.7 Å². The van der Waals surface area contributed by atoms with Crippen LogP contribution in [0.1, 0.15) is 19.4 Å². The zero-order valence-corrected chi connectivity index (χ0v) is 20.4. The first-order chi connectivity index (χ1) is 15.7. The highest BCUT2D eigenvalue weighted by molar-refractivity contribution is 8.00. The predicted molar refractivity (Wildman–Crippen MR) is 131 cm³/mol. The lowest BCUT2D eigenvalue weighted by atomic mass is 10.1. The fourth-order valence-electron chi connectivity index (χ4n) is 3.79. The number of fused-ring (bicyclic) bond motifs is 3. The molecule has 0 spiro atoms. The zero-order valence-electron chi connectivity index (χ0n) is 19.6. The molecule has 4 aromatic rings. The monoisotopic (exact) mass is 465 g/mol. The summed E-state index contributed by atoms with van der Waals surface area (Å²) in [4.78, 5) is 28.1. The highest BCUT2D eigenvalue weighted by Crippen LogP contribution is 2.31. The first-order valence-corrected chi connectivity index (χ1v) is 11.5. The van der Waals surface area contributed by atoms with Crippen molar-refractivity contribution in [2.45, 2.75) is 31.2 Å². The number of methoxy groups -OCH3 is 1. The molecule has 0 N–H and O–H groups in total. The minimum Gasteiger partial charge on any atom is -0.495 e. The van der Waals surface area contributed by atoms with Crippen LogP contribution in [0.4, 0.5) is 0 Å². The van der Waals surface area contributed by atoms with E-state index in [1.807, 2.05) is 61.6 Å². The fourth-order valence-corrected chi connectivity index (χ4v) is 4.97. The van der Waals surface area contributed by atoms with Gasteiger partial charge in [-0.2, -0.15) is 0 Å². The smallest absolute Gasteiger partial charge is 0.267 e. The molecule has 172 valence electrons. The molecule has 8 nitrogen and oxygen atoms in total. The topological polar surface area (TPSA) is 81.7 Å². The number of amides is 1. The Morgan fingerprint density at radius 2 is 1.85 bits per heavy atom. The van der Waals surface area contributed by atoms with Crippen LogP contribution in [0, 0.1) is 12.8 Å². The van der Waals surface area contributed by atoms with Gasteiger partial charge in [-0.3, -0.25) is 14.0 Å². The number of para-hydroxylation sites is 1. The van der Waals surface area contributed by atoms with Crippen LogP contribution in [0.25, 0.3) is 22.4 Å². The molecule has 1 amide bonds. The molecule has 33 heavy (non-hydrogen) atoms. The predicted octanol–water partition coefficient (Wildman–Crippen LogP) is 3.56. The van der Waals surface area contributed by atoms with Crippen LogP contribution >= 0.6 is 11.8 Å². The highest BCUT2D eigenvalue weighted by Gasteiger charge is 2.28. The van der Waals surface area contributed by atoms with Gasteiger partial charge in [0.1, 0.15) is 5.75 Å². The minimum absolute atomic E-state index is 0.00438. The van der Waals surface area contributed by atoms with E-state index in [9.17, 15) is 9.59 Å². The fraction of sp³-hybridized carbons (Fsp3) is 0.333. The standard InChI is InChI=1S/C24H27N5O3S/c1-14(2)20(22(31)27(4)5)33-24-26-25-23-28(18-13-15(3)11-12-19(18)32-6)21(30)16-9-7-8-10-17(16)29(23)24/h7-14,20H,1-6H3. The highest BCUT2D eigenvalue weighted by atomic mass is 32.2. The maximum Gasteiger partial charge on any atom is 0.267 e. The maximum absolute atomic E-state index is 13.6. The average molecular weight is 466 g/mol. The summed E-state index contributed by atoms with van der Waals surface area (Å²) in [6.07, 6.45) is 0. The van der Waals surface area contributed by atoms with E-state index in [2.05, 4.69) is 10.2 Å². The van der Waals surface area contributed by atoms with Gasteiger partial charge >= 0.3 is 0 Å². The molecule has 9 heteroatoms. The van der Waals surface area contributed by atoms with Gasteiger partial charge in [0.05, 0.1) is 29.0 Å². The molecule has 2 heterocycles. The molecule has 0 aliphatic carbocycles. The summed E-state index contributed by atoms with van der Waals surface area (Å²) < 4.78 is 8.94. The first kappa shape index (κ1) is 22.8. The maximum atomic E-state index is 13.6. The Bertz CT molecular complexity index is 1410. The molecular formula is C24H27N5O3S. The third-order valence-corrected chi connectivity index (χ3v) is 6.97. The second-order valence-electron chi connectivity index (χ2n) is 8.47. The van der Waals surface area contributed by atoms with Crippen LogP contribution in [0.5, 0.6) is 5.75 Å². The molecule has 0 bridgehead atoms. The molecule has 2 aromatic heterocycles. The van der Waals surface area contributed by atoms with Crippen molar-refractivity contribution in [1.82, 2.24) is 24.1 Å². The van der Waals surface area contributed by atoms with Gasteiger partial charge in [0.15, 0.2) is 5.16 Å². The number of carbonyl (C=O) groups excluding carboxylic acids is 1. The van der Waals surface area contributed by atoms with Crippen LogP contribution in [-0.4, -0.2) is 56.4 Å². The van der Waals surface area contributed by atoms with Crippen LogP contribution < -0.4 is 10.3 Å². The summed E-state index contributed by atoms with van der Waals surface area (Å²) in [5.74, 6) is 1.00. The third kappa shape index (κ3) is 3.97. The summed E-state index contributed by atoms with van der Waals surface area (Å²) in [7, 11) is 5.07. The minimum atomic E-state index is -0.347. The Hall–Kier alpha value is -3.33. The van der Waals surface area contributed by atoms with Crippen molar-refractivity contribution in [2.24, 2.45) is 5.92 Å². The van der Waals surface area contributed by atoms with Crippen molar-refractivity contribution in [2.75, 3.05) is 21.2 Å². The molecule has 0 radical (unpaired) electrons. The largest absolute Gasteiger partial charge is 0.495 e. The summed E-state index contributed by atoms with van der Waals surface area (Å²) >= 11 is 1.36. The van der Waals surface area contributed by atoms with Crippen molar-refractivity contribution in [3.8, 4) is 11.4 Å². The average Bonchev–Trinajstić information content (AvgIpc) is 3.20. The molecular weight excluding hydrogens is 438 g/mol. The van der Waals surface area contributed by atoms with Crippen molar-refractivity contribution in [1.29, 1.82) is 0 Å². The van der Waals surface area contributed by atoms with Gasteiger partial charge in [0.25, 0.3) is 5.56 Å². The number of thioether (sulfide) groups is 1. The number of rotatable bonds is 6. The summed E-state index contributed by atoms with van der Waals surface area (Å²) in [5, 5.41) is 9.55. The van der Waals surface area contributed by atoms with E-state index in [1.54, 1.807) is 32.2 Å². The van der Waals surface area contributed by atoms with Crippen molar-refractivity contribution < 1.29 is 9.53 Å².